The van der Waals surface area contributed by atoms with E-state index < -0.39 is 6.10 Å². The Labute approximate surface area is 161 Å². The number of anilines is 1. The number of aliphatic hydroxyl groups excluding tert-OH is 1. The van der Waals surface area contributed by atoms with Crippen molar-refractivity contribution in [3.05, 3.63) is 27.7 Å². The van der Waals surface area contributed by atoms with E-state index in [9.17, 15) is 14.7 Å². The van der Waals surface area contributed by atoms with Gasteiger partial charge in [-0.1, -0.05) is 0 Å². The third-order valence-corrected chi connectivity index (χ3v) is 5.47. The molecule has 150 valence electrons. The Morgan fingerprint density at radius 1 is 1.29 bits per heavy atom. The van der Waals surface area contributed by atoms with E-state index in [1.54, 1.807) is 17.7 Å². The number of hydrogen-bond acceptors (Lipinski definition) is 8. The molecule has 0 spiro atoms. The number of aryl methyl sites for hydroxylation is 1. The molecule has 2 fully saturated rings. The number of ketones is 1. The number of fused-ring (bicyclic) bond motifs is 1. The second-order valence-corrected chi connectivity index (χ2v) is 7.36. The molecule has 0 radical (unpaired) electrons. The van der Waals surface area contributed by atoms with Crippen LogP contribution in [-0.2, 0) is 9.47 Å². The fraction of sp³-hybridized carbons (Fsp3) is 0.579. The van der Waals surface area contributed by atoms with E-state index in [0.717, 1.165) is 0 Å². The largest absolute Gasteiger partial charge is 0.389 e. The minimum Gasteiger partial charge on any atom is -0.389 e. The number of carbonyl (C=O) groups is 1. The molecule has 4 heterocycles. The maximum Gasteiger partial charge on any atom is 0.263 e. The summed E-state index contributed by atoms with van der Waals surface area (Å²) in [5.41, 5.74) is 0.884. The van der Waals surface area contributed by atoms with Gasteiger partial charge in [0.25, 0.3) is 5.56 Å². The topological polar surface area (TPSA) is 116 Å². The van der Waals surface area contributed by atoms with Crippen LogP contribution in [0.2, 0.25) is 0 Å². The van der Waals surface area contributed by atoms with Gasteiger partial charge in [-0.3, -0.25) is 14.2 Å². The number of hydrogen-bond donors (Lipinski definition) is 2. The highest BCUT2D eigenvalue weighted by Crippen LogP contribution is 2.26. The van der Waals surface area contributed by atoms with Gasteiger partial charge in [0.1, 0.15) is 5.65 Å². The second-order valence-electron chi connectivity index (χ2n) is 7.36. The zero-order valence-corrected chi connectivity index (χ0v) is 16.0. The van der Waals surface area contributed by atoms with Crippen molar-refractivity contribution < 1.29 is 19.4 Å². The Kier molecular flexibility index (Phi) is 5.13. The molecule has 3 atom stereocenters. The summed E-state index contributed by atoms with van der Waals surface area (Å²) in [4.78, 5) is 34.2. The molecule has 0 saturated carbocycles. The van der Waals surface area contributed by atoms with Gasteiger partial charge in [-0.15, -0.1) is 0 Å². The number of nitrogens with zero attached hydrogens (tertiary/aromatic N) is 3. The third-order valence-electron chi connectivity index (χ3n) is 5.47. The highest BCUT2D eigenvalue weighted by atomic mass is 16.5. The zero-order valence-electron chi connectivity index (χ0n) is 16.0. The summed E-state index contributed by atoms with van der Waals surface area (Å²) in [6, 6.07) is -0.399. The van der Waals surface area contributed by atoms with Crippen LogP contribution in [0, 0.1) is 6.92 Å². The van der Waals surface area contributed by atoms with Crippen molar-refractivity contribution in [3.8, 4) is 0 Å². The van der Waals surface area contributed by atoms with Gasteiger partial charge in [0, 0.05) is 24.8 Å². The lowest BCUT2D eigenvalue weighted by molar-refractivity contribution is -0.0136. The maximum absolute atomic E-state index is 13.1. The van der Waals surface area contributed by atoms with Crippen molar-refractivity contribution >= 4 is 22.8 Å². The van der Waals surface area contributed by atoms with E-state index in [2.05, 4.69) is 15.3 Å². The molecule has 2 aromatic heterocycles. The van der Waals surface area contributed by atoms with Crippen molar-refractivity contribution in [1.29, 1.82) is 0 Å². The molecule has 2 saturated heterocycles. The number of carbonyl (C=O) groups excluding carboxylic acids is 1. The number of aliphatic hydroxyl groups is 1. The van der Waals surface area contributed by atoms with Gasteiger partial charge >= 0.3 is 0 Å². The van der Waals surface area contributed by atoms with Gasteiger partial charge < -0.3 is 19.9 Å². The Bertz CT molecular complexity index is 967. The van der Waals surface area contributed by atoms with Crippen LogP contribution < -0.4 is 10.9 Å². The zero-order chi connectivity index (χ0) is 19.8. The SMILES string of the molecule is CC(=O)c1c(C)c2cnc(N[C@@H]3CCOC[C@H]3O)nc2n([C@H]2CCOC2)c1=O. The summed E-state index contributed by atoms with van der Waals surface area (Å²) in [6.07, 6.45) is 2.29. The summed E-state index contributed by atoms with van der Waals surface area (Å²) < 4.78 is 12.3. The van der Waals surface area contributed by atoms with Crippen molar-refractivity contribution in [2.75, 3.05) is 31.7 Å². The van der Waals surface area contributed by atoms with Gasteiger partial charge in [0.2, 0.25) is 5.95 Å². The third kappa shape index (κ3) is 3.30. The quantitative estimate of drug-likeness (QED) is 0.740. The minimum absolute atomic E-state index is 0.170. The Morgan fingerprint density at radius 2 is 2.04 bits per heavy atom. The molecule has 4 rings (SSSR count). The van der Waals surface area contributed by atoms with E-state index in [1.165, 1.54) is 6.92 Å². The lowest BCUT2D eigenvalue weighted by Crippen LogP contribution is -2.42. The van der Waals surface area contributed by atoms with E-state index in [0.29, 0.717) is 55.2 Å². The molecule has 2 aromatic rings. The van der Waals surface area contributed by atoms with Crippen LogP contribution in [0.1, 0.15) is 41.7 Å². The summed E-state index contributed by atoms with van der Waals surface area (Å²) in [5, 5.41) is 13.9. The fourth-order valence-electron chi connectivity index (χ4n) is 3.94. The summed E-state index contributed by atoms with van der Waals surface area (Å²) in [6.45, 7) is 4.92. The van der Waals surface area contributed by atoms with Crippen molar-refractivity contribution in [3.63, 3.8) is 0 Å². The normalized spacial score (nSPS) is 25.2. The molecule has 2 aliphatic rings. The fourth-order valence-corrected chi connectivity index (χ4v) is 3.94. The number of Topliss-reactive ketones (excluding diaryl/α,β-unsaturated/α-hetero) is 1. The first-order valence-corrected chi connectivity index (χ1v) is 9.50. The molecule has 9 heteroatoms. The summed E-state index contributed by atoms with van der Waals surface area (Å²) in [7, 11) is 0. The number of nitrogens with one attached hydrogen (secondary N) is 1. The Morgan fingerprint density at radius 3 is 2.71 bits per heavy atom. The van der Waals surface area contributed by atoms with Crippen molar-refractivity contribution in [2.24, 2.45) is 0 Å². The Balaban J connectivity index is 1.84. The smallest absolute Gasteiger partial charge is 0.263 e. The Hall–Kier alpha value is -2.36. The summed E-state index contributed by atoms with van der Waals surface area (Å²) >= 11 is 0. The molecule has 0 aliphatic carbocycles. The molecule has 2 aliphatic heterocycles. The van der Waals surface area contributed by atoms with Gasteiger partial charge in [-0.05, 0) is 32.3 Å². The van der Waals surface area contributed by atoms with Crippen LogP contribution >= 0.6 is 0 Å². The van der Waals surface area contributed by atoms with Gasteiger partial charge in [-0.2, -0.15) is 4.98 Å². The highest BCUT2D eigenvalue weighted by Gasteiger charge is 2.28. The van der Waals surface area contributed by atoms with Crippen molar-refractivity contribution in [1.82, 2.24) is 14.5 Å². The minimum atomic E-state index is -0.653. The molecule has 0 unspecified atom stereocenters. The van der Waals surface area contributed by atoms with E-state index >= 15 is 0 Å². The lowest BCUT2D eigenvalue weighted by Gasteiger charge is -2.28. The number of pyridine rings is 1. The predicted octanol–water partition coefficient (Wildman–Crippen LogP) is 0.826. The lowest BCUT2D eigenvalue weighted by atomic mass is 10.0. The second kappa shape index (κ2) is 7.57. The molecule has 0 amide bonds. The van der Waals surface area contributed by atoms with Gasteiger partial charge in [-0.25, -0.2) is 4.98 Å². The highest BCUT2D eigenvalue weighted by molar-refractivity contribution is 5.99. The van der Waals surface area contributed by atoms with E-state index in [1.807, 2.05) is 0 Å². The van der Waals surface area contributed by atoms with Gasteiger partial charge in [0.15, 0.2) is 5.78 Å². The number of ether oxygens (including phenoxy) is 2. The molecular formula is C19H24N4O5. The van der Waals surface area contributed by atoms with E-state index in [-0.39, 0.29) is 35.6 Å². The first-order valence-electron chi connectivity index (χ1n) is 9.50. The molecular weight excluding hydrogens is 364 g/mol. The average molecular weight is 388 g/mol. The standard InChI is InChI=1S/C19H24N4O5/c1-10-13-7-20-19(21-14-4-6-28-9-15(14)25)22-17(13)23(12-3-5-27-8-12)18(26)16(10)11(2)24/h7,12,14-15,25H,3-6,8-9H2,1-2H3,(H,20,21,22)/t12-,14+,15+/m0/s1. The van der Waals surface area contributed by atoms with Crippen LogP contribution in [0.3, 0.4) is 0 Å². The monoisotopic (exact) mass is 388 g/mol. The van der Waals surface area contributed by atoms with E-state index in [4.69, 9.17) is 9.47 Å². The molecule has 0 aromatic carbocycles. The van der Waals surface area contributed by atoms with Crippen LogP contribution in [0.4, 0.5) is 5.95 Å². The number of aromatic nitrogens is 3. The molecule has 9 nitrogen and oxygen atoms in total. The first kappa shape index (κ1) is 19.0. The predicted molar refractivity (Wildman–Crippen MR) is 102 cm³/mol. The van der Waals surface area contributed by atoms with Crippen LogP contribution in [0.5, 0.6) is 0 Å². The van der Waals surface area contributed by atoms with Crippen LogP contribution in [0.15, 0.2) is 11.0 Å². The number of rotatable bonds is 4. The molecule has 0 bridgehead atoms. The van der Waals surface area contributed by atoms with Crippen molar-refractivity contribution in [2.45, 2.75) is 44.9 Å². The first-order chi connectivity index (χ1) is 13.5. The van der Waals surface area contributed by atoms with Crippen LogP contribution in [0.25, 0.3) is 11.0 Å². The van der Waals surface area contributed by atoms with Crippen LogP contribution in [-0.4, -0.2) is 64.0 Å². The maximum atomic E-state index is 13.1. The summed E-state index contributed by atoms with van der Waals surface area (Å²) in [5.74, 6) is 0.0603. The molecule has 2 N–H and O–H groups in total. The molecule has 28 heavy (non-hydrogen) atoms. The average Bonchev–Trinajstić information content (AvgIpc) is 3.17. The van der Waals surface area contributed by atoms with Gasteiger partial charge in [0.05, 0.1) is 37.0 Å².